The summed E-state index contributed by atoms with van der Waals surface area (Å²) in [5.74, 6) is 1.58. The minimum atomic E-state index is -0.971. The number of benzene rings is 2. The van der Waals surface area contributed by atoms with Gasteiger partial charge in [0.15, 0.2) is 5.78 Å². The molecule has 10 rings (SSSR count). The van der Waals surface area contributed by atoms with Crippen molar-refractivity contribution in [1.82, 2.24) is 38.9 Å². The van der Waals surface area contributed by atoms with Crippen LogP contribution in [-0.4, -0.2) is 90.0 Å². The maximum atomic E-state index is 12.8. The van der Waals surface area contributed by atoms with Crippen LogP contribution >= 0.6 is 23.2 Å². The van der Waals surface area contributed by atoms with Gasteiger partial charge in [-0.2, -0.15) is 0 Å². The van der Waals surface area contributed by atoms with Crippen molar-refractivity contribution in [3.05, 3.63) is 164 Å². The van der Waals surface area contributed by atoms with Gasteiger partial charge in [0.05, 0.1) is 29.7 Å². The number of carbonyl (C=O) groups is 1. The molecule has 2 aliphatic carbocycles. The lowest BCUT2D eigenvalue weighted by atomic mass is 9.76. The fourth-order valence-electron chi connectivity index (χ4n) is 11.1. The molecule has 68 heavy (non-hydrogen) atoms. The highest BCUT2D eigenvalue weighted by Gasteiger charge is 2.37. The Bertz CT molecular complexity index is 2810. The number of aromatic nitrogens is 6. The summed E-state index contributed by atoms with van der Waals surface area (Å²) in [6.45, 7) is 6.45. The lowest BCUT2D eigenvalue weighted by Gasteiger charge is -2.35. The maximum Gasteiger partial charge on any atom is 0.183 e. The van der Waals surface area contributed by atoms with Crippen LogP contribution < -0.4 is 0 Å². The molecule has 2 saturated heterocycles. The summed E-state index contributed by atoms with van der Waals surface area (Å²) >= 11 is 12.9. The number of aliphatic hydroxyl groups is 1. The number of piperidine rings is 2. The number of halogens is 2. The fourth-order valence-corrected chi connectivity index (χ4v) is 11.5. The SMILES string of the molecule is CCC(O)(CCC1=Cc2cc(Cl)ccc2C(C2CCN(C)CC2)c2ncccc21)c1cn(C)cn1.CN1CCC(C2c3ccc(Cl)cc3C=C(CCC(=O)c3cn(C)cn3)c3cccnc32)CC1. The molecular weight excluding hydrogens is 888 g/mol. The Morgan fingerprint density at radius 1 is 0.676 bits per heavy atom. The van der Waals surface area contributed by atoms with Gasteiger partial charge in [0.1, 0.15) is 11.3 Å². The van der Waals surface area contributed by atoms with E-state index >= 15 is 0 Å². The van der Waals surface area contributed by atoms with Crippen LogP contribution in [0.5, 0.6) is 0 Å². The number of fused-ring (bicyclic) bond motifs is 4. The molecule has 0 amide bonds. The van der Waals surface area contributed by atoms with E-state index in [2.05, 4.69) is 82.4 Å². The van der Waals surface area contributed by atoms with Crippen molar-refractivity contribution in [3.63, 3.8) is 0 Å². The van der Waals surface area contributed by atoms with Gasteiger partial charge in [0.2, 0.25) is 0 Å². The van der Waals surface area contributed by atoms with Crippen LogP contribution in [0.25, 0.3) is 23.3 Å². The van der Waals surface area contributed by atoms with Crippen LogP contribution in [0.2, 0.25) is 10.0 Å². The van der Waals surface area contributed by atoms with Crippen LogP contribution in [0, 0.1) is 11.8 Å². The molecule has 354 valence electrons. The third kappa shape index (κ3) is 10.4. The van der Waals surface area contributed by atoms with Crippen molar-refractivity contribution in [2.75, 3.05) is 40.3 Å². The van der Waals surface area contributed by atoms with Crippen molar-refractivity contribution in [3.8, 4) is 0 Å². The van der Waals surface area contributed by atoms with Gasteiger partial charge in [-0.05, 0) is 184 Å². The first-order valence-electron chi connectivity index (χ1n) is 24.4. The zero-order chi connectivity index (χ0) is 47.5. The summed E-state index contributed by atoms with van der Waals surface area (Å²) in [5.41, 5.74) is 12.2. The molecule has 3 atom stereocenters. The van der Waals surface area contributed by atoms with Gasteiger partial charge in [-0.1, -0.05) is 66.5 Å². The molecule has 6 heterocycles. The average Bonchev–Trinajstić information content (AvgIpc) is 3.93. The van der Waals surface area contributed by atoms with Gasteiger partial charge >= 0.3 is 0 Å². The average molecular weight is 952 g/mol. The van der Waals surface area contributed by atoms with Crippen molar-refractivity contribution in [2.45, 2.75) is 82.1 Å². The number of hydrogen-bond donors (Lipinski definition) is 1. The Kier molecular flexibility index (Phi) is 14.6. The Balaban J connectivity index is 0.000000170. The summed E-state index contributed by atoms with van der Waals surface area (Å²) in [5, 5.41) is 13.0. The number of hydrogen-bond acceptors (Lipinski definition) is 8. The van der Waals surface area contributed by atoms with E-state index in [1.807, 2.05) is 73.0 Å². The molecule has 10 nitrogen and oxygen atoms in total. The van der Waals surface area contributed by atoms with Crippen molar-refractivity contribution >= 4 is 52.3 Å². The van der Waals surface area contributed by atoms with Crippen LogP contribution in [0.1, 0.15) is 137 Å². The van der Waals surface area contributed by atoms with Gasteiger partial charge in [-0.3, -0.25) is 14.8 Å². The second-order valence-corrected chi connectivity index (χ2v) is 20.5. The Morgan fingerprint density at radius 2 is 1.18 bits per heavy atom. The Hall–Kier alpha value is -5.23. The van der Waals surface area contributed by atoms with Gasteiger partial charge < -0.3 is 24.0 Å². The molecule has 2 aliphatic heterocycles. The van der Waals surface area contributed by atoms with Gasteiger partial charge in [0, 0.05) is 67.2 Å². The third-order valence-electron chi connectivity index (χ3n) is 15.0. The highest BCUT2D eigenvalue weighted by Crippen LogP contribution is 2.48. The number of Topliss-reactive ketones (excluding diaryl/α,β-unsaturated/α-hetero) is 1. The molecule has 0 bridgehead atoms. The largest absolute Gasteiger partial charge is 0.383 e. The lowest BCUT2D eigenvalue weighted by molar-refractivity contribution is 0.0209. The molecule has 4 aromatic heterocycles. The molecule has 3 unspecified atom stereocenters. The highest BCUT2D eigenvalue weighted by molar-refractivity contribution is 6.31. The van der Waals surface area contributed by atoms with Crippen molar-refractivity contribution in [1.29, 1.82) is 0 Å². The number of aryl methyl sites for hydroxylation is 2. The second-order valence-electron chi connectivity index (χ2n) is 19.7. The highest BCUT2D eigenvalue weighted by atomic mass is 35.5. The van der Waals surface area contributed by atoms with E-state index in [1.54, 1.807) is 18.9 Å². The summed E-state index contributed by atoms with van der Waals surface area (Å²) in [7, 11) is 8.22. The Labute approximate surface area is 411 Å². The van der Waals surface area contributed by atoms with E-state index in [0.29, 0.717) is 43.2 Å². The molecule has 6 aromatic rings. The van der Waals surface area contributed by atoms with Gasteiger partial charge in [-0.25, -0.2) is 9.97 Å². The van der Waals surface area contributed by atoms with E-state index < -0.39 is 5.60 Å². The lowest BCUT2D eigenvalue weighted by Crippen LogP contribution is -2.33. The second kappa shape index (κ2) is 20.8. The van der Waals surface area contributed by atoms with E-state index in [0.717, 1.165) is 102 Å². The molecule has 1 N–H and O–H groups in total. The first-order valence-corrected chi connectivity index (χ1v) is 25.1. The normalized spacial score (nSPS) is 19.7. The topological polar surface area (TPSA) is 105 Å². The van der Waals surface area contributed by atoms with Gasteiger partial charge in [-0.15, -0.1) is 0 Å². The van der Waals surface area contributed by atoms with Crippen LogP contribution in [0.15, 0.2) is 98.1 Å². The number of nitrogens with zero attached hydrogens (tertiary/aromatic N) is 8. The summed E-state index contributed by atoms with van der Waals surface area (Å²) in [4.78, 5) is 36.2. The van der Waals surface area contributed by atoms with E-state index in [1.165, 1.54) is 27.8 Å². The molecular formula is C56H64Cl2N8O2. The number of carbonyl (C=O) groups excluding carboxylic acids is 1. The predicted octanol–water partition coefficient (Wildman–Crippen LogP) is 11.3. The minimum absolute atomic E-state index is 0.0596. The molecule has 2 fully saturated rings. The number of imidazole rings is 2. The molecule has 0 radical (unpaired) electrons. The number of ketones is 1. The molecule has 2 aromatic carbocycles. The van der Waals surface area contributed by atoms with E-state index in [-0.39, 0.29) is 17.6 Å². The monoisotopic (exact) mass is 950 g/mol. The number of allylic oxidation sites excluding steroid dienone is 2. The minimum Gasteiger partial charge on any atom is -0.383 e. The van der Waals surface area contributed by atoms with Crippen LogP contribution in [0.3, 0.4) is 0 Å². The quantitative estimate of drug-likeness (QED) is 0.128. The van der Waals surface area contributed by atoms with E-state index in [4.69, 9.17) is 33.2 Å². The summed E-state index contributed by atoms with van der Waals surface area (Å²) in [6, 6.07) is 20.9. The smallest absolute Gasteiger partial charge is 0.183 e. The first-order chi connectivity index (χ1) is 32.9. The summed E-state index contributed by atoms with van der Waals surface area (Å²) in [6.07, 6.45) is 23.0. The molecule has 0 saturated carbocycles. The van der Waals surface area contributed by atoms with Crippen LogP contribution in [-0.2, 0) is 19.7 Å². The fraction of sp³-hybridized carbons (Fsp3) is 0.411. The molecule has 12 heteroatoms. The van der Waals surface area contributed by atoms with Crippen molar-refractivity contribution < 1.29 is 9.90 Å². The zero-order valence-corrected chi connectivity index (χ0v) is 41.6. The zero-order valence-electron chi connectivity index (χ0n) is 40.1. The maximum absolute atomic E-state index is 12.8. The van der Waals surface area contributed by atoms with E-state index in [9.17, 15) is 9.90 Å². The third-order valence-corrected chi connectivity index (χ3v) is 15.5. The first kappa shape index (κ1) is 47.8. The number of pyridine rings is 2. The standard InChI is InChI=1S/C29H35ClN4O.C27H29ClN4O/c1-4-29(35,26-18-34(3)19-32-26)12-9-21-16-22-17-23(30)7-8-24(22)27(20-10-14-33(2)15-11-20)28-25(21)6-5-13-31-28;1-31-12-9-18(10-13-31)26-22-7-6-21(28)15-20(22)14-19(23-4-3-11-29-27(23)26)5-8-25(33)24-16-32(2)17-30-24/h5-8,13,16-20,27,35H,4,9-12,14-15H2,1-3H3;3-4,6-7,11,14-18,26H,5,8-10,12-13H2,1-2H3. The molecule has 4 aliphatic rings. The van der Waals surface area contributed by atoms with Crippen molar-refractivity contribution in [2.24, 2.45) is 25.9 Å². The number of likely N-dealkylation sites (tertiary alicyclic amines) is 2. The summed E-state index contributed by atoms with van der Waals surface area (Å²) < 4.78 is 3.70. The Morgan fingerprint density at radius 3 is 1.65 bits per heavy atom. The molecule has 0 spiro atoms. The van der Waals surface area contributed by atoms with Crippen LogP contribution in [0.4, 0.5) is 0 Å². The predicted molar refractivity (Wildman–Crippen MR) is 275 cm³/mol. The number of rotatable bonds is 11. The van der Waals surface area contributed by atoms with Gasteiger partial charge in [0.25, 0.3) is 0 Å².